The number of carbonyl (C=O) groups excluding carboxylic acids is 1. The second kappa shape index (κ2) is 7.60. The lowest BCUT2D eigenvalue weighted by atomic mass is 10.1. The number of hydrogen-bond donors (Lipinski definition) is 3. The minimum absolute atomic E-state index is 0.0294. The molecule has 1 atom stereocenters. The quantitative estimate of drug-likeness (QED) is 0.794. The predicted octanol–water partition coefficient (Wildman–Crippen LogP) is 2.75. The highest BCUT2D eigenvalue weighted by atomic mass is 19.1. The van der Waals surface area contributed by atoms with E-state index in [1.54, 1.807) is 6.07 Å². The molecule has 0 radical (unpaired) electrons. The molecule has 1 unspecified atom stereocenters. The molecule has 2 aromatic rings. The van der Waals surface area contributed by atoms with Gasteiger partial charge in [-0.2, -0.15) is 0 Å². The second-order valence-corrected chi connectivity index (χ2v) is 5.31. The number of rotatable bonds is 5. The number of para-hydroxylation sites is 2. The van der Waals surface area contributed by atoms with Gasteiger partial charge in [-0.15, -0.1) is 0 Å². The summed E-state index contributed by atoms with van der Waals surface area (Å²) in [5.41, 5.74) is 2.09. The van der Waals surface area contributed by atoms with Gasteiger partial charge in [-0.25, -0.2) is 9.18 Å². The van der Waals surface area contributed by atoms with Crippen LogP contribution in [0.4, 0.5) is 20.6 Å². The third kappa shape index (κ3) is 4.69. The van der Waals surface area contributed by atoms with E-state index in [4.69, 9.17) is 0 Å². The number of aliphatic hydroxyl groups is 1. The lowest BCUT2D eigenvalue weighted by Gasteiger charge is -2.18. The third-order valence-electron chi connectivity index (χ3n) is 3.34. The molecule has 2 rings (SSSR count). The fraction of sp³-hybridized carbons (Fsp3) is 0.235. The van der Waals surface area contributed by atoms with E-state index in [2.05, 4.69) is 10.6 Å². The van der Waals surface area contributed by atoms with E-state index in [0.29, 0.717) is 11.3 Å². The Labute approximate surface area is 134 Å². The van der Waals surface area contributed by atoms with E-state index >= 15 is 0 Å². The van der Waals surface area contributed by atoms with Gasteiger partial charge < -0.3 is 20.6 Å². The normalized spacial score (nSPS) is 11.7. The number of nitrogens with zero attached hydrogens (tertiary/aromatic N) is 1. The van der Waals surface area contributed by atoms with Gasteiger partial charge in [-0.1, -0.05) is 24.3 Å². The molecule has 0 aliphatic rings. The summed E-state index contributed by atoms with van der Waals surface area (Å²) in [5, 5.41) is 15.3. The van der Waals surface area contributed by atoms with Crippen LogP contribution in [0, 0.1) is 5.82 Å². The van der Waals surface area contributed by atoms with Crippen molar-refractivity contribution in [3.8, 4) is 0 Å². The average molecular weight is 317 g/mol. The van der Waals surface area contributed by atoms with Crippen molar-refractivity contribution in [3.05, 3.63) is 59.9 Å². The van der Waals surface area contributed by atoms with Crippen molar-refractivity contribution in [3.63, 3.8) is 0 Å². The van der Waals surface area contributed by atoms with Crippen LogP contribution in [-0.2, 0) is 0 Å². The maximum atomic E-state index is 12.8. The summed E-state index contributed by atoms with van der Waals surface area (Å²) in [7, 11) is 3.77. The van der Waals surface area contributed by atoms with Crippen molar-refractivity contribution in [2.45, 2.75) is 6.10 Å². The molecule has 3 N–H and O–H groups in total. The third-order valence-corrected chi connectivity index (χ3v) is 3.34. The first-order chi connectivity index (χ1) is 11.0. The molecule has 0 aromatic heterocycles. The number of carbonyl (C=O) groups is 1. The fourth-order valence-corrected chi connectivity index (χ4v) is 2.13. The van der Waals surface area contributed by atoms with Crippen molar-refractivity contribution in [2.75, 3.05) is 30.9 Å². The Morgan fingerprint density at radius 3 is 2.48 bits per heavy atom. The number of aliphatic hydroxyl groups excluding tert-OH is 1. The SMILES string of the molecule is CN(C)c1ccccc1NC(=O)NCC(O)c1ccc(F)cc1. The number of anilines is 2. The summed E-state index contributed by atoms with van der Waals surface area (Å²) in [4.78, 5) is 13.9. The van der Waals surface area contributed by atoms with Crippen LogP contribution in [0.3, 0.4) is 0 Å². The topological polar surface area (TPSA) is 64.6 Å². The first-order valence-corrected chi connectivity index (χ1v) is 7.22. The van der Waals surface area contributed by atoms with E-state index in [1.165, 1.54) is 24.3 Å². The maximum absolute atomic E-state index is 12.8. The smallest absolute Gasteiger partial charge is 0.319 e. The van der Waals surface area contributed by atoms with Crippen molar-refractivity contribution >= 4 is 17.4 Å². The zero-order chi connectivity index (χ0) is 16.8. The van der Waals surface area contributed by atoms with Crippen LogP contribution in [0.2, 0.25) is 0 Å². The van der Waals surface area contributed by atoms with Crippen LogP contribution in [0.25, 0.3) is 0 Å². The average Bonchev–Trinajstić information content (AvgIpc) is 2.53. The molecule has 23 heavy (non-hydrogen) atoms. The van der Waals surface area contributed by atoms with Gasteiger partial charge in [-0.3, -0.25) is 0 Å². The van der Waals surface area contributed by atoms with Crippen molar-refractivity contribution in [1.29, 1.82) is 0 Å². The van der Waals surface area contributed by atoms with Gasteiger partial charge in [-0.05, 0) is 29.8 Å². The van der Waals surface area contributed by atoms with Gasteiger partial charge >= 0.3 is 6.03 Å². The molecular formula is C17H20FN3O2. The largest absolute Gasteiger partial charge is 0.387 e. The molecule has 122 valence electrons. The summed E-state index contributed by atoms with van der Waals surface area (Å²) >= 11 is 0. The molecule has 0 saturated heterocycles. The highest BCUT2D eigenvalue weighted by Crippen LogP contribution is 2.23. The van der Waals surface area contributed by atoms with Crippen LogP contribution in [0.5, 0.6) is 0 Å². The van der Waals surface area contributed by atoms with Crippen LogP contribution >= 0.6 is 0 Å². The fourth-order valence-electron chi connectivity index (χ4n) is 2.13. The lowest BCUT2D eigenvalue weighted by Crippen LogP contribution is -2.32. The maximum Gasteiger partial charge on any atom is 0.319 e. The molecule has 0 heterocycles. The Kier molecular flexibility index (Phi) is 5.54. The van der Waals surface area contributed by atoms with Crippen molar-refractivity contribution in [1.82, 2.24) is 5.32 Å². The molecule has 5 nitrogen and oxygen atoms in total. The number of nitrogens with one attached hydrogen (secondary N) is 2. The molecule has 0 saturated carbocycles. The Hall–Kier alpha value is -2.60. The first-order valence-electron chi connectivity index (χ1n) is 7.22. The van der Waals surface area contributed by atoms with Gasteiger partial charge in [0.2, 0.25) is 0 Å². The molecule has 6 heteroatoms. The summed E-state index contributed by atoms with van der Waals surface area (Å²) in [5.74, 6) is -0.369. The van der Waals surface area contributed by atoms with Crippen LogP contribution < -0.4 is 15.5 Å². The summed E-state index contributed by atoms with van der Waals surface area (Å²) in [6.45, 7) is 0.0294. The first kappa shape index (κ1) is 16.8. The molecule has 2 amide bonds. The lowest BCUT2D eigenvalue weighted by molar-refractivity contribution is 0.175. The monoisotopic (exact) mass is 317 g/mol. The Morgan fingerprint density at radius 1 is 1.17 bits per heavy atom. The minimum atomic E-state index is -0.898. The van der Waals surface area contributed by atoms with Gasteiger partial charge in [0, 0.05) is 20.6 Å². The van der Waals surface area contributed by atoms with Crippen molar-refractivity contribution in [2.24, 2.45) is 0 Å². The van der Waals surface area contributed by atoms with E-state index in [-0.39, 0.29) is 12.4 Å². The van der Waals surface area contributed by atoms with Gasteiger partial charge in [0.15, 0.2) is 0 Å². The molecule has 0 bridgehead atoms. The van der Waals surface area contributed by atoms with E-state index in [9.17, 15) is 14.3 Å². The molecule has 0 spiro atoms. The zero-order valence-electron chi connectivity index (χ0n) is 13.1. The van der Waals surface area contributed by atoms with Crippen LogP contribution in [0.15, 0.2) is 48.5 Å². The molecule has 0 fully saturated rings. The zero-order valence-corrected chi connectivity index (χ0v) is 13.1. The molecule has 0 aliphatic carbocycles. The molecular weight excluding hydrogens is 297 g/mol. The number of benzene rings is 2. The number of amides is 2. The van der Waals surface area contributed by atoms with E-state index < -0.39 is 12.1 Å². The Morgan fingerprint density at radius 2 is 1.83 bits per heavy atom. The highest BCUT2D eigenvalue weighted by Gasteiger charge is 2.11. The number of urea groups is 1. The van der Waals surface area contributed by atoms with Crippen LogP contribution in [0.1, 0.15) is 11.7 Å². The second-order valence-electron chi connectivity index (χ2n) is 5.31. The van der Waals surface area contributed by atoms with Gasteiger partial charge in [0.1, 0.15) is 5.82 Å². The van der Waals surface area contributed by atoms with Gasteiger partial charge in [0.05, 0.1) is 17.5 Å². The Balaban J connectivity index is 1.91. The Bertz CT molecular complexity index is 659. The number of halogens is 1. The molecule has 0 aliphatic heterocycles. The number of hydrogen-bond acceptors (Lipinski definition) is 3. The van der Waals surface area contributed by atoms with E-state index in [0.717, 1.165) is 5.69 Å². The standard InChI is InChI=1S/C17H20FN3O2/c1-21(2)15-6-4-3-5-14(15)20-17(23)19-11-16(22)12-7-9-13(18)10-8-12/h3-10,16,22H,11H2,1-2H3,(H2,19,20,23). The van der Waals surface area contributed by atoms with Crippen LogP contribution in [-0.4, -0.2) is 31.8 Å². The molecule has 2 aromatic carbocycles. The van der Waals surface area contributed by atoms with Gasteiger partial charge in [0.25, 0.3) is 0 Å². The summed E-state index contributed by atoms with van der Waals surface area (Å²) < 4.78 is 12.8. The minimum Gasteiger partial charge on any atom is -0.387 e. The summed E-state index contributed by atoms with van der Waals surface area (Å²) in [6, 6.07) is 12.5. The summed E-state index contributed by atoms with van der Waals surface area (Å²) in [6.07, 6.45) is -0.898. The van der Waals surface area contributed by atoms with Crippen molar-refractivity contribution < 1.29 is 14.3 Å². The van der Waals surface area contributed by atoms with E-state index in [1.807, 2.05) is 37.2 Å². The predicted molar refractivity (Wildman–Crippen MR) is 89.2 cm³/mol. The highest BCUT2D eigenvalue weighted by molar-refractivity contribution is 5.93.